The monoisotopic (exact) mass is 415 g/mol. The molecule has 0 radical (unpaired) electrons. The van der Waals surface area contributed by atoms with E-state index in [-0.39, 0.29) is 24.7 Å². The third-order valence-electron chi connectivity index (χ3n) is 5.56. The molecule has 1 amide bonds. The number of carbonyl (C=O) groups is 1. The van der Waals surface area contributed by atoms with E-state index >= 15 is 0 Å². The smallest absolute Gasteiger partial charge is 0.274 e. The molecule has 2 aliphatic rings. The number of amides is 1. The van der Waals surface area contributed by atoms with Crippen molar-refractivity contribution in [2.24, 2.45) is 0 Å². The third kappa shape index (κ3) is 3.84. The van der Waals surface area contributed by atoms with Gasteiger partial charge in [-0.05, 0) is 54.7 Å². The van der Waals surface area contributed by atoms with Gasteiger partial charge in [-0.1, -0.05) is 6.07 Å². The number of fused-ring (bicyclic) bond motifs is 1. The van der Waals surface area contributed by atoms with Crippen molar-refractivity contribution in [3.05, 3.63) is 47.2 Å². The van der Waals surface area contributed by atoms with Crippen LogP contribution in [0.3, 0.4) is 0 Å². The molecule has 2 heterocycles. The third-order valence-corrected chi connectivity index (χ3v) is 7.46. The molecule has 4 rings (SSSR count). The Bertz CT molecular complexity index is 1010. The van der Waals surface area contributed by atoms with Crippen molar-refractivity contribution in [1.82, 2.24) is 19.4 Å². The Morgan fingerprint density at radius 1 is 0.966 bits per heavy atom. The van der Waals surface area contributed by atoms with Crippen LogP contribution in [0.4, 0.5) is 5.82 Å². The lowest BCUT2D eigenvalue weighted by Gasteiger charge is -2.33. The van der Waals surface area contributed by atoms with Crippen LogP contribution >= 0.6 is 0 Å². The number of hydrogen-bond acceptors (Lipinski definition) is 6. The van der Waals surface area contributed by atoms with E-state index in [1.807, 2.05) is 31.1 Å². The van der Waals surface area contributed by atoms with Gasteiger partial charge >= 0.3 is 0 Å². The summed E-state index contributed by atoms with van der Waals surface area (Å²) in [5.41, 5.74) is 2.66. The number of rotatable bonds is 4. The van der Waals surface area contributed by atoms with E-state index in [0.29, 0.717) is 23.8 Å². The van der Waals surface area contributed by atoms with Crippen molar-refractivity contribution in [1.29, 1.82) is 0 Å². The van der Waals surface area contributed by atoms with Gasteiger partial charge < -0.3 is 9.80 Å². The van der Waals surface area contributed by atoms with Crippen molar-refractivity contribution < 1.29 is 13.2 Å². The number of anilines is 1. The second kappa shape index (κ2) is 7.72. The first-order valence-electron chi connectivity index (χ1n) is 9.78. The van der Waals surface area contributed by atoms with Gasteiger partial charge in [-0.15, -0.1) is 10.2 Å². The SMILES string of the molecule is CN(C)c1ccc(C(=O)N2CCN(S(=O)(=O)c3ccc4c(c3)CCC4)CC2)nn1. The Morgan fingerprint density at radius 2 is 1.69 bits per heavy atom. The van der Waals surface area contributed by atoms with Gasteiger partial charge in [0.05, 0.1) is 4.90 Å². The maximum Gasteiger partial charge on any atom is 0.274 e. The lowest BCUT2D eigenvalue weighted by molar-refractivity contribution is 0.0691. The van der Waals surface area contributed by atoms with Gasteiger partial charge in [0, 0.05) is 40.3 Å². The van der Waals surface area contributed by atoms with Crippen LogP contribution in [0.15, 0.2) is 35.2 Å². The number of carbonyl (C=O) groups excluding carboxylic acids is 1. The van der Waals surface area contributed by atoms with E-state index < -0.39 is 10.0 Å². The lowest BCUT2D eigenvalue weighted by atomic mass is 10.1. The van der Waals surface area contributed by atoms with Crippen molar-refractivity contribution in [3.8, 4) is 0 Å². The van der Waals surface area contributed by atoms with Crippen LogP contribution in [0.25, 0.3) is 0 Å². The van der Waals surface area contributed by atoms with E-state index in [1.165, 1.54) is 9.87 Å². The van der Waals surface area contributed by atoms with E-state index in [4.69, 9.17) is 0 Å². The van der Waals surface area contributed by atoms with Crippen LogP contribution in [0.5, 0.6) is 0 Å². The van der Waals surface area contributed by atoms with Crippen LogP contribution in [0.2, 0.25) is 0 Å². The number of aryl methyl sites for hydroxylation is 2. The molecule has 154 valence electrons. The zero-order chi connectivity index (χ0) is 20.6. The topological polar surface area (TPSA) is 86.7 Å². The van der Waals surface area contributed by atoms with Gasteiger partial charge in [0.25, 0.3) is 5.91 Å². The number of sulfonamides is 1. The molecule has 0 atom stereocenters. The molecule has 1 aliphatic carbocycles. The summed E-state index contributed by atoms with van der Waals surface area (Å²) in [5, 5.41) is 8.05. The summed E-state index contributed by atoms with van der Waals surface area (Å²) in [4.78, 5) is 16.5. The molecule has 0 N–H and O–H groups in total. The summed E-state index contributed by atoms with van der Waals surface area (Å²) in [6.45, 7) is 1.21. The van der Waals surface area contributed by atoms with Gasteiger partial charge in [0.1, 0.15) is 0 Å². The van der Waals surface area contributed by atoms with Crippen molar-refractivity contribution >= 4 is 21.7 Å². The highest BCUT2D eigenvalue weighted by atomic mass is 32.2. The summed E-state index contributed by atoms with van der Waals surface area (Å²) in [6, 6.07) is 8.86. The van der Waals surface area contributed by atoms with Gasteiger partial charge in [-0.25, -0.2) is 8.42 Å². The fourth-order valence-corrected chi connectivity index (χ4v) is 5.30. The fourth-order valence-electron chi connectivity index (χ4n) is 3.83. The second-order valence-electron chi connectivity index (χ2n) is 7.65. The number of aromatic nitrogens is 2. The number of nitrogens with zero attached hydrogens (tertiary/aromatic N) is 5. The van der Waals surface area contributed by atoms with E-state index in [1.54, 1.807) is 23.1 Å². The molecule has 29 heavy (non-hydrogen) atoms. The number of piperazine rings is 1. The second-order valence-corrected chi connectivity index (χ2v) is 9.59. The highest BCUT2D eigenvalue weighted by Crippen LogP contribution is 2.26. The first-order chi connectivity index (χ1) is 13.9. The molecule has 0 saturated carbocycles. The van der Waals surface area contributed by atoms with Crippen molar-refractivity contribution in [2.45, 2.75) is 24.2 Å². The van der Waals surface area contributed by atoms with Gasteiger partial charge in [0.15, 0.2) is 11.5 Å². The summed E-state index contributed by atoms with van der Waals surface area (Å²) in [6.07, 6.45) is 3.04. The van der Waals surface area contributed by atoms with E-state index in [9.17, 15) is 13.2 Å². The molecule has 2 aromatic rings. The molecule has 1 saturated heterocycles. The molecule has 8 nitrogen and oxygen atoms in total. The molecule has 1 aromatic carbocycles. The fraction of sp³-hybridized carbons (Fsp3) is 0.450. The zero-order valence-corrected chi connectivity index (χ0v) is 17.5. The summed E-state index contributed by atoms with van der Waals surface area (Å²) < 4.78 is 27.5. The Hall–Kier alpha value is -2.52. The maximum atomic E-state index is 13.0. The standard InChI is InChI=1S/C20H25N5O3S/c1-23(2)19-9-8-18(21-22-19)20(26)24-10-12-25(13-11-24)29(27,28)17-7-6-15-4-3-5-16(15)14-17/h6-9,14H,3-5,10-13H2,1-2H3. The van der Waals surface area contributed by atoms with Gasteiger partial charge in [-0.3, -0.25) is 4.79 Å². The summed E-state index contributed by atoms with van der Waals surface area (Å²) >= 11 is 0. The summed E-state index contributed by atoms with van der Waals surface area (Å²) in [5.74, 6) is 0.448. The number of hydrogen-bond donors (Lipinski definition) is 0. The summed E-state index contributed by atoms with van der Waals surface area (Å²) in [7, 11) is 0.156. The molecule has 1 aromatic heterocycles. The first-order valence-corrected chi connectivity index (χ1v) is 11.2. The Balaban J connectivity index is 1.42. The molecule has 1 fully saturated rings. The molecule has 9 heteroatoms. The van der Waals surface area contributed by atoms with E-state index in [2.05, 4.69) is 10.2 Å². The highest BCUT2D eigenvalue weighted by Gasteiger charge is 2.31. The van der Waals surface area contributed by atoms with Crippen molar-refractivity contribution in [3.63, 3.8) is 0 Å². The van der Waals surface area contributed by atoms with E-state index in [0.717, 1.165) is 24.8 Å². The molecule has 0 bridgehead atoms. The van der Waals surface area contributed by atoms with Gasteiger partial charge in [0.2, 0.25) is 10.0 Å². The maximum absolute atomic E-state index is 13.0. The number of benzene rings is 1. The lowest BCUT2D eigenvalue weighted by Crippen LogP contribution is -2.50. The molecular formula is C20H25N5O3S. The minimum Gasteiger partial charge on any atom is -0.361 e. The molecule has 1 aliphatic heterocycles. The minimum atomic E-state index is -3.55. The quantitative estimate of drug-likeness (QED) is 0.745. The predicted molar refractivity (Wildman–Crippen MR) is 109 cm³/mol. The average Bonchev–Trinajstić information content (AvgIpc) is 3.21. The minimum absolute atomic E-state index is 0.225. The van der Waals surface area contributed by atoms with Gasteiger partial charge in [-0.2, -0.15) is 4.31 Å². The Morgan fingerprint density at radius 3 is 2.34 bits per heavy atom. The predicted octanol–water partition coefficient (Wildman–Crippen LogP) is 1.18. The first kappa shape index (κ1) is 19.8. The van der Waals surface area contributed by atoms with Crippen LogP contribution in [-0.2, 0) is 22.9 Å². The zero-order valence-electron chi connectivity index (χ0n) is 16.7. The molecular weight excluding hydrogens is 390 g/mol. The normalized spacial score (nSPS) is 17.2. The van der Waals surface area contributed by atoms with Crippen molar-refractivity contribution in [2.75, 3.05) is 45.2 Å². The van der Waals surface area contributed by atoms with Crippen LogP contribution in [-0.4, -0.2) is 74.0 Å². The van der Waals surface area contributed by atoms with Crippen LogP contribution in [0, 0.1) is 0 Å². The average molecular weight is 416 g/mol. The van der Waals surface area contributed by atoms with Crippen LogP contribution < -0.4 is 4.90 Å². The Labute approximate surface area is 171 Å². The molecule has 0 unspecified atom stereocenters. The van der Waals surface area contributed by atoms with Crippen LogP contribution in [0.1, 0.15) is 28.0 Å². The Kier molecular flexibility index (Phi) is 5.26. The highest BCUT2D eigenvalue weighted by molar-refractivity contribution is 7.89. The largest absolute Gasteiger partial charge is 0.361 e. The molecule has 0 spiro atoms.